The number of amides is 1. The van der Waals surface area contributed by atoms with Crippen molar-refractivity contribution in [2.24, 2.45) is 0 Å². The van der Waals surface area contributed by atoms with Gasteiger partial charge in [-0.05, 0) is 62.7 Å². The van der Waals surface area contributed by atoms with Crippen molar-refractivity contribution in [1.82, 2.24) is 0 Å². The molecule has 0 saturated carbocycles. The highest BCUT2D eigenvalue weighted by molar-refractivity contribution is 7.92. The lowest BCUT2D eigenvalue weighted by Gasteiger charge is -2.26. The van der Waals surface area contributed by atoms with Crippen molar-refractivity contribution in [3.05, 3.63) is 82.4 Å². The number of sulfonamides is 1. The summed E-state index contributed by atoms with van der Waals surface area (Å²) in [5, 5.41) is 3.13. The maximum atomic E-state index is 13.5. The highest BCUT2D eigenvalue weighted by Crippen LogP contribution is 2.30. The Morgan fingerprint density at radius 1 is 0.969 bits per heavy atom. The minimum atomic E-state index is -4.00. The third-order valence-corrected chi connectivity index (χ3v) is 6.96. The smallest absolute Gasteiger partial charge is 0.264 e. The highest BCUT2D eigenvalue weighted by Gasteiger charge is 2.28. The number of carbonyl (C=O) groups excluding carboxylic acids is 1. The number of rotatable bonds is 7. The topological polar surface area (TPSA) is 75.7 Å². The zero-order valence-electron chi connectivity index (χ0n) is 18.3. The van der Waals surface area contributed by atoms with E-state index >= 15 is 0 Å². The van der Waals surface area contributed by atoms with E-state index in [4.69, 9.17) is 16.3 Å². The van der Waals surface area contributed by atoms with Crippen LogP contribution in [0.15, 0.2) is 65.6 Å². The van der Waals surface area contributed by atoms with Crippen LogP contribution in [-0.4, -0.2) is 28.0 Å². The summed E-state index contributed by atoms with van der Waals surface area (Å²) in [4.78, 5) is 13.1. The molecule has 0 atom stereocenters. The van der Waals surface area contributed by atoms with Crippen molar-refractivity contribution in [3.8, 4) is 5.75 Å². The maximum Gasteiger partial charge on any atom is 0.264 e. The summed E-state index contributed by atoms with van der Waals surface area (Å²) < 4.78 is 33.5. The van der Waals surface area contributed by atoms with Crippen molar-refractivity contribution < 1.29 is 17.9 Å². The maximum absolute atomic E-state index is 13.5. The Bertz CT molecular complexity index is 1240. The summed E-state index contributed by atoms with van der Waals surface area (Å²) in [6.45, 7) is 5.20. The Labute approximate surface area is 193 Å². The van der Waals surface area contributed by atoms with Gasteiger partial charge in [-0.2, -0.15) is 0 Å². The molecular weight excluding hydrogens is 448 g/mol. The summed E-state index contributed by atoms with van der Waals surface area (Å²) in [6, 6.07) is 16.8. The quantitative estimate of drug-likeness (QED) is 0.518. The van der Waals surface area contributed by atoms with Gasteiger partial charge in [0.1, 0.15) is 12.3 Å². The molecule has 3 aromatic rings. The van der Waals surface area contributed by atoms with Crippen LogP contribution in [0.1, 0.15) is 16.7 Å². The minimum absolute atomic E-state index is 0.108. The second kappa shape index (κ2) is 9.63. The van der Waals surface area contributed by atoms with E-state index in [-0.39, 0.29) is 4.90 Å². The van der Waals surface area contributed by atoms with Crippen molar-refractivity contribution >= 4 is 38.9 Å². The van der Waals surface area contributed by atoms with E-state index in [0.717, 1.165) is 21.0 Å². The molecule has 0 fully saturated rings. The molecule has 0 spiro atoms. The summed E-state index contributed by atoms with van der Waals surface area (Å²) in [5.41, 5.74) is 3.47. The van der Waals surface area contributed by atoms with Crippen molar-refractivity contribution in [3.63, 3.8) is 0 Å². The number of hydrogen-bond donors (Lipinski definition) is 1. The first-order valence-corrected chi connectivity index (χ1v) is 11.7. The summed E-state index contributed by atoms with van der Waals surface area (Å²) in [6.07, 6.45) is 0. The molecule has 32 heavy (non-hydrogen) atoms. The molecule has 0 aromatic heterocycles. The van der Waals surface area contributed by atoms with E-state index in [1.165, 1.54) is 7.11 Å². The Hall–Kier alpha value is -3.03. The van der Waals surface area contributed by atoms with Gasteiger partial charge in [-0.25, -0.2) is 8.42 Å². The lowest BCUT2D eigenvalue weighted by Crippen LogP contribution is -2.38. The summed E-state index contributed by atoms with van der Waals surface area (Å²) in [7, 11) is -2.53. The van der Waals surface area contributed by atoms with Gasteiger partial charge in [0, 0.05) is 5.02 Å². The molecule has 6 nitrogen and oxygen atoms in total. The molecule has 8 heteroatoms. The largest absolute Gasteiger partial charge is 0.495 e. The standard InChI is InChI=1S/C24H25ClN2O4S/c1-16-5-9-20(10-6-16)32(29,30)27(22-11-7-17(2)13-18(22)3)15-24(28)26-21-14-19(25)8-12-23(21)31-4/h5-14H,15H2,1-4H3,(H,26,28). The number of aryl methyl sites for hydroxylation is 3. The van der Waals surface area contributed by atoms with E-state index in [1.54, 1.807) is 48.5 Å². The van der Waals surface area contributed by atoms with Crippen LogP contribution in [0.3, 0.4) is 0 Å². The number of nitrogens with zero attached hydrogens (tertiary/aromatic N) is 1. The average Bonchev–Trinajstić information content (AvgIpc) is 2.73. The molecule has 0 aliphatic rings. The summed E-state index contributed by atoms with van der Waals surface area (Å²) in [5.74, 6) is -0.108. The number of ether oxygens (including phenoxy) is 1. The monoisotopic (exact) mass is 472 g/mol. The van der Waals surface area contributed by atoms with Gasteiger partial charge in [0.15, 0.2) is 0 Å². The average molecular weight is 473 g/mol. The van der Waals surface area contributed by atoms with E-state index in [1.807, 2.05) is 32.9 Å². The first-order valence-electron chi connectivity index (χ1n) is 9.92. The van der Waals surface area contributed by atoms with Gasteiger partial charge in [0.25, 0.3) is 10.0 Å². The molecule has 0 heterocycles. The zero-order chi connectivity index (χ0) is 23.5. The molecule has 0 saturated heterocycles. The fourth-order valence-electron chi connectivity index (χ4n) is 3.32. The normalized spacial score (nSPS) is 11.2. The van der Waals surface area contributed by atoms with Crippen molar-refractivity contribution in [1.29, 1.82) is 0 Å². The molecule has 0 aliphatic carbocycles. The number of methoxy groups -OCH3 is 1. The number of nitrogens with one attached hydrogen (secondary N) is 1. The molecule has 168 valence electrons. The first kappa shape index (κ1) is 23.6. The minimum Gasteiger partial charge on any atom is -0.495 e. The zero-order valence-corrected chi connectivity index (χ0v) is 19.9. The number of carbonyl (C=O) groups is 1. The van der Waals surface area contributed by atoms with Gasteiger partial charge in [0.05, 0.1) is 23.4 Å². The Kier molecular flexibility index (Phi) is 7.11. The van der Waals surface area contributed by atoms with E-state index in [9.17, 15) is 13.2 Å². The van der Waals surface area contributed by atoms with Gasteiger partial charge in [-0.1, -0.05) is 47.0 Å². The van der Waals surface area contributed by atoms with Crippen LogP contribution in [0, 0.1) is 20.8 Å². The molecule has 1 N–H and O–H groups in total. The lowest BCUT2D eigenvalue weighted by atomic mass is 10.1. The summed E-state index contributed by atoms with van der Waals surface area (Å²) >= 11 is 6.05. The lowest BCUT2D eigenvalue weighted by molar-refractivity contribution is -0.114. The van der Waals surface area contributed by atoms with Crippen molar-refractivity contribution in [2.75, 3.05) is 23.3 Å². The van der Waals surface area contributed by atoms with Crippen molar-refractivity contribution in [2.45, 2.75) is 25.7 Å². The number of hydrogen-bond acceptors (Lipinski definition) is 4. The third-order valence-electron chi connectivity index (χ3n) is 4.95. The van der Waals surface area contributed by atoms with Crippen LogP contribution in [0.2, 0.25) is 5.02 Å². The second-order valence-corrected chi connectivity index (χ2v) is 9.81. The molecule has 1 amide bonds. The Morgan fingerprint density at radius 3 is 2.25 bits per heavy atom. The number of anilines is 2. The van der Waals surface area contributed by atoms with Crippen LogP contribution in [0.5, 0.6) is 5.75 Å². The molecule has 0 bridgehead atoms. The SMILES string of the molecule is COc1ccc(Cl)cc1NC(=O)CN(c1ccc(C)cc1C)S(=O)(=O)c1ccc(C)cc1. The predicted octanol–water partition coefficient (Wildman–Crippen LogP) is 5.11. The molecule has 0 radical (unpaired) electrons. The van der Waals surface area contributed by atoms with Crippen LogP contribution >= 0.6 is 11.6 Å². The van der Waals surface area contributed by atoms with Gasteiger partial charge in [0.2, 0.25) is 5.91 Å². The molecule has 0 aliphatic heterocycles. The van der Waals surface area contributed by atoms with E-state index in [2.05, 4.69) is 5.32 Å². The molecule has 3 rings (SSSR count). The van der Waals surface area contributed by atoms with Crippen LogP contribution < -0.4 is 14.4 Å². The first-order chi connectivity index (χ1) is 15.1. The second-order valence-electron chi connectivity index (χ2n) is 7.51. The Morgan fingerprint density at radius 2 is 1.62 bits per heavy atom. The van der Waals surface area contributed by atoms with Gasteiger partial charge in [-0.3, -0.25) is 9.10 Å². The number of benzene rings is 3. The highest BCUT2D eigenvalue weighted by atomic mass is 35.5. The van der Waals surface area contributed by atoms with Crippen LogP contribution in [0.4, 0.5) is 11.4 Å². The van der Waals surface area contributed by atoms with E-state index in [0.29, 0.717) is 22.1 Å². The van der Waals surface area contributed by atoms with Gasteiger partial charge >= 0.3 is 0 Å². The fourth-order valence-corrected chi connectivity index (χ4v) is 4.98. The van der Waals surface area contributed by atoms with Gasteiger partial charge in [-0.15, -0.1) is 0 Å². The predicted molar refractivity (Wildman–Crippen MR) is 128 cm³/mol. The Balaban J connectivity index is 2.00. The van der Waals surface area contributed by atoms with Gasteiger partial charge < -0.3 is 10.1 Å². The molecule has 3 aromatic carbocycles. The van der Waals surface area contributed by atoms with Crippen LogP contribution in [-0.2, 0) is 14.8 Å². The molecule has 0 unspecified atom stereocenters. The fraction of sp³-hybridized carbons (Fsp3) is 0.208. The number of halogens is 1. The van der Waals surface area contributed by atoms with E-state index < -0.39 is 22.5 Å². The van der Waals surface area contributed by atoms with Crippen LogP contribution in [0.25, 0.3) is 0 Å². The molecular formula is C24H25ClN2O4S. The third kappa shape index (κ3) is 5.23.